The predicted molar refractivity (Wildman–Crippen MR) is 189 cm³/mol. The smallest absolute Gasteiger partial charge is 0.340 e. The van der Waals surface area contributed by atoms with Crippen molar-refractivity contribution in [2.45, 2.75) is 91.1 Å². The molecule has 0 amide bonds. The van der Waals surface area contributed by atoms with Gasteiger partial charge in [-0.25, -0.2) is 4.79 Å². The summed E-state index contributed by atoms with van der Waals surface area (Å²) >= 11 is 0. The van der Waals surface area contributed by atoms with Crippen molar-refractivity contribution in [2.75, 3.05) is 23.3 Å². The molecule has 4 aromatic carbocycles. The van der Waals surface area contributed by atoms with Gasteiger partial charge in [0.1, 0.15) is 11.5 Å². The normalized spacial score (nSPS) is 16.0. The fourth-order valence-electron chi connectivity index (χ4n) is 7.02. The van der Waals surface area contributed by atoms with Crippen LogP contribution in [0, 0.1) is 13.8 Å². The van der Waals surface area contributed by atoms with Crippen LogP contribution in [0.4, 0.5) is 17.1 Å². The summed E-state index contributed by atoms with van der Waals surface area (Å²) in [5.41, 5.74) is 7.42. The number of benzene rings is 4. The van der Waals surface area contributed by atoms with Crippen LogP contribution in [0.3, 0.4) is 0 Å². The maximum atomic E-state index is 13.5. The van der Waals surface area contributed by atoms with Crippen molar-refractivity contribution in [3.63, 3.8) is 0 Å². The van der Waals surface area contributed by atoms with Gasteiger partial charge in [-0.05, 0) is 80.3 Å². The van der Waals surface area contributed by atoms with Gasteiger partial charge in [-0.15, -0.1) is 0 Å². The molecule has 0 radical (unpaired) electrons. The van der Waals surface area contributed by atoms with E-state index in [2.05, 4.69) is 92.5 Å². The third kappa shape index (κ3) is 6.25. The number of unbranched alkanes of at least 4 members (excludes halogenated alkanes) is 7. The van der Waals surface area contributed by atoms with Crippen molar-refractivity contribution in [3.05, 3.63) is 112 Å². The molecule has 1 unspecified atom stereocenters. The van der Waals surface area contributed by atoms with E-state index in [4.69, 9.17) is 9.47 Å². The second-order valence-electron chi connectivity index (χ2n) is 13.0. The number of anilines is 3. The van der Waals surface area contributed by atoms with Gasteiger partial charge in [0.2, 0.25) is 0 Å². The summed E-state index contributed by atoms with van der Waals surface area (Å²) in [6.07, 6.45) is 11.2. The molecule has 0 bridgehead atoms. The van der Waals surface area contributed by atoms with Crippen LogP contribution in [-0.2, 0) is 10.3 Å². The lowest BCUT2D eigenvalue weighted by Crippen LogP contribution is -2.33. The van der Waals surface area contributed by atoms with Crippen molar-refractivity contribution in [1.82, 2.24) is 0 Å². The molecule has 2 aliphatic rings. The molecule has 5 nitrogen and oxygen atoms in total. The first-order valence-electron chi connectivity index (χ1n) is 17.3. The van der Waals surface area contributed by atoms with Crippen LogP contribution in [0.15, 0.2) is 78.9 Å². The highest BCUT2D eigenvalue weighted by Gasteiger charge is 2.53. The van der Waals surface area contributed by atoms with E-state index in [0.717, 1.165) is 63.9 Å². The fraction of sp³-hybridized carbons (Fsp3) is 0.390. The lowest BCUT2D eigenvalue weighted by Gasteiger charge is -2.38. The number of nitrogens with zero attached hydrogens (tertiary/aromatic N) is 1. The van der Waals surface area contributed by atoms with E-state index in [-0.39, 0.29) is 5.97 Å². The Balaban J connectivity index is 1.41. The molecule has 240 valence electrons. The first-order valence-corrected chi connectivity index (χ1v) is 17.3. The molecule has 0 aromatic heterocycles. The SMILES string of the molecule is CCCCCCCN(CCCCCC)c1ccc2c(c1)Oc1cc(C)c(Nc3cccc(C)c3)cc1C21OC(=O)c2ccccc21. The van der Waals surface area contributed by atoms with Gasteiger partial charge in [-0.1, -0.05) is 89.1 Å². The molecule has 0 aliphatic carbocycles. The van der Waals surface area contributed by atoms with Crippen LogP contribution in [0.25, 0.3) is 0 Å². The molecular weight excluding hydrogens is 568 g/mol. The molecule has 1 N–H and O–H groups in total. The van der Waals surface area contributed by atoms with Crippen molar-refractivity contribution >= 4 is 23.0 Å². The molecule has 1 atom stereocenters. The molecule has 0 saturated carbocycles. The molecule has 2 heterocycles. The van der Waals surface area contributed by atoms with Gasteiger partial charge in [-0.3, -0.25) is 0 Å². The van der Waals surface area contributed by atoms with Gasteiger partial charge in [0.05, 0.1) is 5.56 Å². The Bertz CT molecular complexity index is 1700. The minimum Gasteiger partial charge on any atom is -0.456 e. The van der Waals surface area contributed by atoms with Crippen molar-refractivity contribution in [2.24, 2.45) is 0 Å². The first-order chi connectivity index (χ1) is 22.4. The van der Waals surface area contributed by atoms with Crippen LogP contribution in [0.2, 0.25) is 0 Å². The molecule has 4 aromatic rings. The van der Waals surface area contributed by atoms with Crippen molar-refractivity contribution < 1.29 is 14.3 Å². The number of carbonyl (C=O) groups excluding carboxylic acids is 1. The number of nitrogens with one attached hydrogen (secondary N) is 1. The summed E-state index contributed by atoms with van der Waals surface area (Å²) in [5.74, 6) is 1.16. The van der Waals surface area contributed by atoms with Gasteiger partial charge >= 0.3 is 5.97 Å². The van der Waals surface area contributed by atoms with E-state index in [1.54, 1.807) is 0 Å². The Kier molecular flexibility index (Phi) is 9.67. The minimum atomic E-state index is -1.10. The third-order valence-corrected chi connectivity index (χ3v) is 9.52. The van der Waals surface area contributed by atoms with Crippen LogP contribution in [0.5, 0.6) is 11.5 Å². The molecule has 0 fully saturated rings. The lowest BCUT2D eigenvalue weighted by molar-refractivity contribution is 0.0224. The van der Waals surface area contributed by atoms with E-state index in [1.807, 2.05) is 24.3 Å². The van der Waals surface area contributed by atoms with E-state index in [1.165, 1.54) is 63.4 Å². The highest BCUT2D eigenvalue weighted by Crippen LogP contribution is 2.57. The standard InChI is InChI=1S/C41H48N2O3/c1-5-7-9-11-15-24-43(23-14-10-8-6-2)32-21-22-35-39(27-32)45-38-26-30(4)37(42-31-18-16-17-29(3)25-31)28-36(38)41(35)34-20-13-12-19-33(34)40(44)46-41/h12-13,16-22,25-28,42H,5-11,14-15,23-24H2,1-4H3. The maximum Gasteiger partial charge on any atom is 0.340 e. The van der Waals surface area contributed by atoms with E-state index >= 15 is 0 Å². The van der Waals surface area contributed by atoms with E-state index < -0.39 is 5.60 Å². The first kappa shape index (κ1) is 31.7. The Labute approximate surface area is 274 Å². The summed E-state index contributed by atoms with van der Waals surface area (Å²) < 4.78 is 13.3. The summed E-state index contributed by atoms with van der Waals surface area (Å²) in [7, 11) is 0. The maximum absolute atomic E-state index is 13.5. The van der Waals surface area contributed by atoms with Crippen LogP contribution in [0.1, 0.15) is 110 Å². The second-order valence-corrected chi connectivity index (χ2v) is 13.0. The van der Waals surface area contributed by atoms with Crippen LogP contribution >= 0.6 is 0 Å². The molecular formula is C41H48N2O3. The third-order valence-electron chi connectivity index (χ3n) is 9.52. The Hall–Kier alpha value is -4.25. The number of hydrogen-bond donors (Lipinski definition) is 1. The van der Waals surface area contributed by atoms with Crippen molar-refractivity contribution in [1.29, 1.82) is 0 Å². The fourth-order valence-corrected chi connectivity index (χ4v) is 7.02. The Morgan fingerprint density at radius 2 is 1.41 bits per heavy atom. The van der Waals surface area contributed by atoms with Gasteiger partial charge in [0.25, 0.3) is 0 Å². The number of carbonyl (C=O) groups is 1. The zero-order chi connectivity index (χ0) is 32.1. The predicted octanol–water partition coefficient (Wildman–Crippen LogP) is 11.0. The number of hydrogen-bond acceptors (Lipinski definition) is 5. The van der Waals surface area contributed by atoms with Gasteiger partial charge in [0.15, 0.2) is 5.60 Å². The molecule has 5 heteroatoms. The summed E-state index contributed by atoms with van der Waals surface area (Å²) in [6.45, 7) is 10.8. The summed E-state index contributed by atoms with van der Waals surface area (Å²) in [4.78, 5) is 16.0. The largest absolute Gasteiger partial charge is 0.456 e. The topological polar surface area (TPSA) is 50.8 Å². The molecule has 0 saturated heterocycles. The number of aryl methyl sites for hydroxylation is 2. The minimum absolute atomic E-state index is 0.308. The van der Waals surface area contributed by atoms with E-state index in [0.29, 0.717) is 5.56 Å². The Morgan fingerprint density at radius 1 is 0.696 bits per heavy atom. The highest BCUT2D eigenvalue weighted by molar-refractivity contribution is 5.97. The zero-order valence-electron chi connectivity index (χ0n) is 28.0. The Morgan fingerprint density at radius 3 is 2.17 bits per heavy atom. The molecule has 6 rings (SSSR count). The van der Waals surface area contributed by atoms with Crippen LogP contribution < -0.4 is 15.0 Å². The van der Waals surface area contributed by atoms with Gasteiger partial charge in [-0.2, -0.15) is 0 Å². The average molecular weight is 617 g/mol. The van der Waals surface area contributed by atoms with Gasteiger partial charge < -0.3 is 19.7 Å². The summed E-state index contributed by atoms with van der Waals surface area (Å²) in [5, 5.41) is 3.61. The number of rotatable bonds is 14. The zero-order valence-corrected chi connectivity index (χ0v) is 28.0. The van der Waals surface area contributed by atoms with Gasteiger partial charge in [0, 0.05) is 52.9 Å². The summed E-state index contributed by atoms with van der Waals surface area (Å²) in [6, 6.07) is 26.8. The number of fused-ring (bicyclic) bond motifs is 6. The number of ether oxygens (including phenoxy) is 2. The van der Waals surface area contributed by atoms with E-state index in [9.17, 15) is 4.79 Å². The molecule has 46 heavy (non-hydrogen) atoms. The monoisotopic (exact) mass is 616 g/mol. The average Bonchev–Trinajstić information content (AvgIpc) is 3.35. The lowest BCUT2D eigenvalue weighted by atomic mass is 9.77. The molecule has 2 aliphatic heterocycles. The number of esters is 1. The van der Waals surface area contributed by atoms with Crippen molar-refractivity contribution in [3.8, 4) is 11.5 Å². The second kappa shape index (κ2) is 14.0. The van der Waals surface area contributed by atoms with Crippen LogP contribution in [-0.4, -0.2) is 19.1 Å². The molecule has 1 spiro atoms. The highest BCUT2D eigenvalue weighted by atomic mass is 16.6. The quantitative estimate of drug-likeness (QED) is 0.113.